The lowest BCUT2D eigenvalue weighted by Gasteiger charge is -2.58. The third kappa shape index (κ3) is 6.57. The van der Waals surface area contributed by atoms with Crippen LogP contribution in [0.25, 0.3) is 0 Å². The van der Waals surface area contributed by atoms with Crippen molar-refractivity contribution in [3.05, 3.63) is 11.6 Å². The van der Waals surface area contributed by atoms with E-state index in [-0.39, 0.29) is 12.1 Å². The van der Waals surface area contributed by atoms with Gasteiger partial charge in [0.2, 0.25) is 0 Å². The summed E-state index contributed by atoms with van der Waals surface area (Å²) >= 11 is 0. The van der Waals surface area contributed by atoms with E-state index in [4.69, 9.17) is 4.74 Å². The highest BCUT2D eigenvalue weighted by molar-refractivity contribution is 5.69. The van der Waals surface area contributed by atoms with Crippen LogP contribution in [-0.4, -0.2) is 12.1 Å². The molecule has 4 rings (SSSR count). The maximum absolute atomic E-state index is 12.6. The first-order valence-corrected chi connectivity index (χ1v) is 17.1. The molecule has 0 amide bonds. The quantitative estimate of drug-likeness (QED) is 0.135. The van der Waals surface area contributed by atoms with Gasteiger partial charge < -0.3 is 4.74 Å². The van der Waals surface area contributed by atoms with Gasteiger partial charge in [-0.2, -0.15) is 0 Å². The summed E-state index contributed by atoms with van der Waals surface area (Å²) < 4.78 is 6.04. The highest BCUT2D eigenvalue weighted by Crippen LogP contribution is 2.67. The highest BCUT2D eigenvalue weighted by atomic mass is 16.5. The van der Waals surface area contributed by atoms with Gasteiger partial charge in [0.05, 0.1) is 0 Å². The molecule has 0 aromatic heterocycles. The molecule has 0 radical (unpaired) electrons. The smallest absolute Gasteiger partial charge is 0.306 e. The van der Waals surface area contributed by atoms with Crippen molar-refractivity contribution in [1.29, 1.82) is 0 Å². The van der Waals surface area contributed by atoms with Crippen LogP contribution in [0.3, 0.4) is 0 Å². The highest BCUT2D eigenvalue weighted by Gasteiger charge is 2.59. The molecule has 0 aromatic carbocycles. The molecule has 2 nitrogen and oxygen atoms in total. The summed E-state index contributed by atoms with van der Waals surface area (Å²) in [6.45, 7) is 14.9. The Morgan fingerprint density at radius 2 is 1.68 bits per heavy atom. The SMILES string of the molecule is CCCCCCCCC(=O)O[C@H]1CC[C@@]2(C)C(=CC[C@@H]3[C@H]4CC[C@@H]([C@@H](C)CCCC(C)C)[C@@]4(C)CC[C@H]32)C1. The molecule has 3 saturated carbocycles. The molecule has 38 heavy (non-hydrogen) atoms. The molecular weight excluding hydrogens is 464 g/mol. The van der Waals surface area contributed by atoms with Crippen LogP contribution >= 0.6 is 0 Å². The topological polar surface area (TPSA) is 26.3 Å². The summed E-state index contributed by atoms with van der Waals surface area (Å²) in [5.74, 6) is 5.34. The number of rotatable bonds is 13. The maximum atomic E-state index is 12.6. The van der Waals surface area contributed by atoms with E-state index in [9.17, 15) is 4.79 Å². The fourth-order valence-electron chi connectivity index (χ4n) is 10.0. The number of hydrogen-bond acceptors (Lipinski definition) is 2. The van der Waals surface area contributed by atoms with Crippen molar-refractivity contribution in [3.8, 4) is 0 Å². The average molecular weight is 527 g/mol. The van der Waals surface area contributed by atoms with Gasteiger partial charge in [0.1, 0.15) is 6.10 Å². The van der Waals surface area contributed by atoms with Crippen LogP contribution in [0.5, 0.6) is 0 Å². The van der Waals surface area contributed by atoms with Crippen LogP contribution in [0.1, 0.15) is 157 Å². The van der Waals surface area contributed by atoms with E-state index in [1.165, 1.54) is 89.9 Å². The lowest BCUT2D eigenvalue weighted by Crippen LogP contribution is -2.51. The Bertz CT molecular complexity index is 797. The molecule has 8 atom stereocenters. The lowest BCUT2D eigenvalue weighted by atomic mass is 9.47. The van der Waals surface area contributed by atoms with Crippen molar-refractivity contribution in [2.24, 2.45) is 46.3 Å². The van der Waals surface area contributed by atoms with E-state index in [0.717, 1.165) is 54.8 Å². The summed E-state index contributed by atoms with van der Waals surface area (Å²) in [5.41, 5.74) is 2.54. The molecule has 4 aliphatic rings. The zero-order chi connectivity index (χ0) is 27.3. The van der Waals surface area contributed by atoms with Crippen LogP contribution in [-0.2, 0) is 9.53 Å². The van der Waals surface area contributed by atoms with Crippen LogP contribution in [0.15, 0.2) is 11.6 Å². The van der Waals surface area contributed by atoms with Crippen molar-refractivity contribution in [1.82, 2.24) is 0 Å². The van der Waals surface area contributed by atoms with E-state index < -0.39 is 0 Å². The van der Waals surface area contributed by atoms with Crippen molar-refractivity contribution in [2.45, 2.75) is 163 Å². The Balaban J connectivity index is 1.31. The summed E-state index contributed by atoms with van der Waals surface area (Å²) in [5, 5.41) is 0. The second-order valence-electron chi connectivity index (χ2n) is 15.2. The number of allylic oxidation sites excluding steroid dienone is 1. The van der Waals surface area contributed by atoms with Crippen LogP contribution in [0, 0.1) is 46.3 Å². The Kier molecular flexibility index (Phi) is 10.5. The summed E-state index contributed by atoms with van der Waals surface area (Å²) in [7, 11) is 0. The first-order valence-electron chi connectivity index (χ1n) is 17.1. The molecule has 0 spiro atoms. The number of carbonyl (C=O) groups excluding carboxylic acids is 1. The summed E-state index contributed by atoms with van der Waals surface area (Å²) in [6.07, 6.45) is 25.3. The van der Waals surface area contributed by atoms with Crippen molar-refractivity contribution in [2.75, 3.05) is 0 Å². The van der Waals surface area contributed by atoms with E-state index in [2.05, 4.69) is 47.6 Å². The first-order chi connectivity index (χ1) is 18.2. The summed E-state index contributed by atoms with van der Waals surface area (Å²) in [6, 6.07) is 0. The molecule has 0 bridgehead atoms. The van der Waals surface area contributed by atoms with E-state index in [0.29, 0.717) is 17.3 Å². The van der Waals surface area contributed by atoms with Gasteiger partial charge in [0.25, 0.3) is 0 Å². The Morgan fingerprint density at radius 3 is 2.45 bits per heavy atom. The Morgan fingerprint density at radius 1 is 0.921 bits per heavy atom. The standard InChI is InChI=1S/C36H62O2/c1-7-8-9-10-11-12-16-34(37)38-29-21-23-35(5)28(25-29)17-18-30-32-20-19-31(27(4)15-13-14-26(2)3)36(32,6)24-22-33(30)35/h17,26-27,29-33H,7-16,18-25H2,1-6H3/t27-,29-,30+,31-,32+,33+,35-,36+/m0/s1. The molecule has 0 N–H and O–H groups in total. The predicted octanol–water partition coefficient (Wildman–Crippen LogP) is 10.7. The molecule has 0 aliphatic heterocycles. The van der Waals surface area contributed by atoms with Gasteiger partial charge in [0.15, 0.2) is 0 Å². The van der Waals surface area contributed by atoms with Gasteiger partial charge in [-0.05, 0) is 97.7 Å². The second-order valence-corrected chi connectivity index (χ2v) is 15.2. The lowest BCUT2D eigenvalue weighted by molar-refractivity contribution is -0.151. The molecule has 2 heteroatoms. The molecule has 0 heterocycles. The zero-order valence-electron chi connectivity index (χ0n) is 26.2. The maximum Gasteiger partial charge on any atom is 0.306 e. The number of fused-ring (bicyclic) bond motifs is 5. The van der Waals surface area contributed by atoms with Crippen molar-refractivity contribution < 1.29 is 9.53 Å². The number of carbonyl (C=O) groups is 1. The van der Waals surface area contributed by atoms with Gasteiger partial charge in [-0.1, -0.05) is 105 Å². The molecule has 4 aliphatic carbocycles. The largest absolute Gasteiger partial charge is 0.462 e. The normalized spacial score (nSPS) is 37.2. The summed E-state index contributed by atoms with van der Waals surface area (Å²) in [4.78, 5) is 12.6. The molecule has 3 fully saturated rings. The van der Waals surface area contributed by atoms with E-state index in [1.807, 2.05) is 0 Å². The fraction of sp³-hybridized carbons (Fsp3) is 0.917. The third-order valence-electron chi connectivity index (χ3n) is 12.3. The Hall–Kier alpha value is -0.790. The predicted molar refractivity (Wildman–Crippen MR) is 161 cm³/mol. The average Bonchev–Trinajstić information content (AvgIpc) is 3.23. The van der Waals surface area contributed by atoms with E-state index in [1.54, 1.807) is 5.57 Å². The number of esters is 1. The molecule has 218 valence electrons. The minimum absolute atomic E-state index is 0.0522. The van der Waals surface area contributed by atoms with Crippen molar-refractivity contribution in [3.63, 3.8) is 0 Å². The minimum Gasteiger partial charge on any atom is -0.462 e. The number of ether oxygens (including phenoxy) is 1. The van der Waals surface area contributed by atoms with Crippen LogP contribution in [0.4, 0.5) is 0 Å². The Labute approximate surface area is 236 Å². The fourth-order valence-corrected chi connectivity index (χ4v) is 10.0. The second kappa shape index (κ2) is 13.2. The number of unbranched alkanes of at least 4 members (excludes halogenated alkanes) is 5. The van der Waals surface area contributed by atoms with Gasteiger partial charge >= 0.3 is 5.97 Å². The van der Waals surface area contributed by atoms with Gasteiger partial charge in [-0.15, -0.1) is 0 Å². The third-order valence-corrected chi connectivity index (χ3v) is 12.3. The zero-order valence-corrected chi connectivity index (χ0v) is 26.2. The van der Waals surface area contributed by atoms with Crippen LogP contribution < -0.4 is 0 Å². The molecule has 0 saturated heterocycles. The molecule has 0 unspecified atom stereocenters. The molecule has 0 aromatic rings. The van der Waals surface area contributed by atoms with Gasteiger partial charge in [-0.3, -0.25) is 4.79 Å². The van der Waals surface area contributed by atoms with Crippen LogP contribution in [0.2, 0.25) is 0 Å². The van der Waals surface area contributed by atoms with E-state index >= 15 is 0 Å². The van der Waals surface area contributed by atoms with Crippen molar-refractivity contribution >= 4 is 5.97 Å². The number of hydrogen-bond donors (Lipinski definition) is 0. The van der Waals surface area contributed by atoms with Gasteiger partial charge in [-0.25, -0.2) is 0 Å². The van der Waals surface area contributed by atoms with Gasteiger partial charge in [0, 0.05) is 12.8 Å². The monoisotopic (exact) mass is 526 g/mol. The molecular formula is C36H62O2. The first kappa shape index (κ1) is 30.2. The minimum atomic E-state index is 0.0522.